The minimum Gasteiger partial charge on any atom is -0.456 e. The molecule has 0 fully saturated rings. The largest absolute Gasteiger partial charge is 0.456 e. The maximum Gasteiger partial charge on any atom is 0.180 e. The van der Waals surface area contributed by atoms with Crippen LogP contribution < -0.4 is 0 Å². The van der Waals surface area contributed by atoms with Crippen molar-refractivity contribution in [2.75, 3.05) is 0 Å². The van der Waals surface area contributed by atoms with Gasteiger partial charge in [-0.2, -0.15) is 0 Å². The van der Waals surface area contributed by atoms with Crippen molar-refractivity contribution >= 4 is 87.6 Å². The smallest absolute Gasteiger partial charge is 0.180 e. The Morgan fingerprint density at radius 1 is 0.289 bits per heavy atom. The Labute approximate surface area is 435 Å². The zero-order chi connectivity index (χ0) is 49.8. The van der Waals surface area contributed by atoms with E-state index in [1.807, 2.05) is 42.5 Å². The number of benzene rings is 11. The summed E-state index contributed by atoms with van der Waals surface area (Å²) >= 11 is 0. The van der Waals surface area contributed by atoms with Gasteiger partial charge in [-0.3, -0.25) is 0 Å². The summed E-state index contributed by atoms with van der Waals surface area (Å²) in [5.41, 5.74) is 20.0. The normalized spacial score (nSPS) is 11.9. The first kappa shape index (κ1) is 42.2. The fourth-order valence-electron chi connectivity index (χ4n) is 11.8. The number of furan rings is 2. The molecule has 0 aliphatic heterocycles. The van der Waals surface area contributed by atoms with Crippen LogP contribution in [0.5, 0.6) is 0 Å². The predicted octanol–water partition coefficient (Wildman–Crippen LogP) is 18.8. The molecule has 6 nitrogen and oxygen atoms in total. The maximum absolute atomic E-state index is 6.66. The molecule has 0 unspecified atom stereocenters. The van der Waals surface area contributed by atoms with Crippen LogP contribution in [0.2, 0.25) is 0 Å². The van der Waals surface area contributed by atoms with Crippen LogP contribution in [0.4, 0.5) is 0 Å². The Morgan fingerprint density at radius 3 is 1.36 bits per heavy atom. The van der Waals surface area contributed by atoms with E-state index in [1.165, 1.54) is 38.1 Å². The summed E-state index contributed by atoms with van der Waals surface area (Å²) in [5.74, 6) is 0.602. The van der Waals surface area contributed by atoms with Gasteiger partial charge in [-0.25, -0.2) is 9.97 Å². The van der Waals surface area contributed by atoms with Crippen LogP contribution in [0.15, 0.2) is 264 Å². The number of hydrogen-bond acceptors (Lipinski definition) is 4. The molecule has 0 saturated carbocycles. The van der Waals surface area contributed by atoms with Gasteiger partial charge in [-0.05, 0) is 130 Å². The molecule has 16 rings (SSSR count). The van der Waals surface area contributed by atoms with Gasteiger partial charge in [0.25, 0.3) is 0 Å². The van der Waals surface area contributed by atoms with Crippen LogP contribution in [0.1, 0.15) is 0 Å². The van der Waals surface area contributed by atoms with Crippen LogP contribution in [0.3, 0.4) is 0 Å². The quantitative estimate of drug-likeness (QED) is 0.160. The fourth-order valence-corrected chi connectivity index (χ4v) is 11.8. The van der Waals surface area contributed by atoms with E-state index in [9.17, 15) is 0 Å². The third kappa shape index (κ3) is 6.54. The Bertz CT molecular complexity index is 4970. The first-order valence-electron chi connectivity index (χ1n) is 25.7. The molecular formula is C70H42N4O2. The molecule has 354 valence electrons. The molecule has 0 amide bonds. The zero-order valence-corrected chi connectivity index (χ0v) is 40.9. The van der Waals surface area contributed by atoms with E-state index in [4.69, 9.17) is 18.8 Å². The van der Waals surface area contributed by atoms with E-state index in [0.29, 0.717) is 11.4 Å². The number of aromatic nitrogens is 4. The van der Waals surface area contributed by atoms with Gasteiger partial charge >= 0.3 is 0 Å². The molecule has 0 spiro atoms. The molecule has 5 aromatic heterocycles. The van der Waals surface area contributed by atoms with Crippen LogP contribution in [-0.2, 0) is 0 Å². The third-order valence-corrected chi connectivity index (χ3v) is 15.3. The average molecular weight is 971 g/mol. The van der Waals surface area contributed by atoms with E-state index in [2.05, 4.69) is 221 Å². The second-order valence-electron chi connectivity index (χ2n) is 19.7. The topological polar surface area (TPSA) is 61.9 Å². The lowest BCUT2D eigenvalue weighted by molar-refractivity contribution is 0.667. The summed E-state index contributed by atoms with van der Waals surface area (Å²) in [6.07, 6.45) is 0. The number of para-hydroxylation sites is 3. The monoisotopic (exact) mass is 970 g/mol. The molecular weight excluding hydrogens is 929 g/mol. The molecule has 11 aromatic carbocycles. The molecule has 0 aliphatic rings. The zero-order valence-electron chi connectivity index (χ0n) is 40.9. The third-order valence-electron chi connectivity index (χ3n) is 15.3. The van der Waals surface area contributed by atoms with Crippen molar-refractivity contribution in [3.05, 3.63) is 255 Å². The summed E-state index contributed by atoms with van der Waals surface area (Å²) in [5, 5.41) is 7.72. The van der Waals surface area contributed by atoms with E-state index in [-0.39, 0.29) is 0 Å². The Kier molecular flexibility index (Phi) is 9.23. The van der Waals surface area contributed by atoms with Crippen molar-refractivity contribution in [1.82, 2.24) is 19.1 Å². The van der Waals surface area contributed by atoms with Crippen molar-refractivity contribution in [2.24, 2.45) is 0 Å². The lowest BCUT2D eigenvalue weighted by Crippen LogP contribution is -1.94. The Balaban J connectivity index is 0.862. The van der Waals surface area contributed by atoms with Crippen LogP contribution in [-0.4, -0.2) is 19.1 Å². The van der Waals surface area contributed by atoms with E-state index in [0.717, 1.165) is 105 Å². The summed E-state index contributed by atoms with van der Waals surface area (Å²) in [6.45, 7) is 0. The molecule has 0 bridgehead atoms. The van der Waals surface area contributed by atoms with Crippen LogP contribution >= 0.6 is 0 Å². The molecule has 16 aromatic rings. The molecule has 0 saturated heterocycles. The summed E-state index contributed by atoms with van der Waals surface area (Å²) in [7, 11) is 0. The first-order chi connectivity index (χ1) is 37.7. The number of nitrogens with zero attached hydrogens (tertiary/aromatic N) is 4. The lowest BCUT2D eigenvalue weighted by atomic mass is 9.98. The first-order valence-corrected chi connectivity index (χ1v) is 25.7. The summed E-state index contributed by atoms with van der Waals surface area (Å²) in [6, 6.07) is 90.5. The molecule has 0 aliphatic carbocycles. The van der Waals surface area contributed by atoms with Crippen molar-refractivity contribution in [3.8, 4) is 67.4 Å². The van der Waals surface area contributed by atoms with E-state index in [1.54, 1.807) is 0 Å². The molecule has 0 N–H and O–H groups in total. The molecule has 76 heavy (non-hydrogen) atoms. The second kappa shape index (κ2) is 16.6. The Hall–Kier alpha value is -10.3. The molecule has 6 heteroatoms. The average Bonchev–Trinajstić information content (AvgIpc) is 4.36. The molecule has 0 radical (unpaired) electrons. The van der Waals surface area contributed by atoms with Crippen LogP contribution in [0, 0.1) is 0 Å². The number of fused-ring (bicyclic) bond motifs is 12. The van der Waals surface area contributed by atoms with Gasteiger partial charge in [0.15, 0.2) is 11.4 Å². The predicted molar refractivity (Wildman–Crippen MR) is 312 cm³/mol. The molecule has 0 atom stereocenters. The minimum atomic E-state index is 0.602. The highest BCUT2D eigenvalue weighted by Crippen LogP contribution is 2.44. The van der Waals surface area contributed by atoms with Gasteiger partial charge in [0.1, 0.15) is 28.0 Å². The van der Waals surface area contributed by atoms with E-state index < -0.39 is 0 Å². The standard InChI is InChI=1S/C70H42N4O2/c1-5-16-43(17-6-1)45-31-37-64-58(42-45)68-69(76-64)67(44-18-7-2-8-19-44)71-70(72-68)53-25-15-27-65-66(53)57-41-49(32-36-63(57)75-65)48-30-35-62-56(40-48)55-39-47(29-34-61(55)74(62)51-22-11-4-12-23-51)46-28-33-60-54(38-46)52-24-13-14-26-59(52)73(60)50-20-9-3-10-21-50/h1-42H. The van der Waals surface area contributed by atoms with Gasteiger partial charge in [0.2, 0.25) is 0 Å². The minimum absolute atomic E-state index is 0.602. The van der Waals surface area contributed by atoms with Crippen molar-refractivity contribution in [2.45, 2.75) is 0 Å². The van der Waals surface area contributed by atoms with Crippen molar-refractivity contribution in [3.63, 3.8) is 0 Å². The number of hydrogen-bond donors (Lipinski definition) is 0. The van der Waals surface area contributed by atoms with Gasteiger partial charge in [-0.15, -0.1) is 0 Å². The molecule has 5 heterocycles. The SMILES string of the molecule is c1ccc(-c2ccc3oc4c(-c5ccccc5)nc(-c5cccc6oc7ccc(-c8ccc9c(c8)c8cc(-c%10ccc%11c(c%10)c%10ccccc%10n%11-c%10ccccc%10)ccc8n9-c8ccccc8)cc7c56)nc4c3c2)cc1. The highest BCUT2D eigenvalue weighted by molar-refractivity contribution is 6.16. The Morgan fingerprint density at radius 2 is 0.750 bits per heavy atom. The number of rotatable bonds is 7. The van der Waals surface area contributed by atoms with Gasteiger partial charge in [-0.1, -0.05) is 158 Å². The van der Waals surface area contributed by atoms with Gasteiger partial charge in [0, 0.05) is 60.2 Å². The van der Waals surface area contributed by atoms with Crippen molar-refractivity contribution in [1.29, 1.82) is 0 Å². The van der Waals surface area contributed by atoms with Crippen LogP contribution in [0.25, 0.3) is 155 Å². The van der Waals surface area contributed by atoms with Gasteiger partial charge < -0.3 is 18.0 Å². The highest BCUT2D eigenvalue weighted by Gasteiger charge is 2.23. The summed E-state index contributed by atoms with van der Waals surface area (Å²) in [4.78, 5) is 10.7. The maximum atomic E-state index is 6.66. The van der Waals surface area contributed by atoms with E-state index >= 15 is 0 Å². The highest BCUT2D eigenvalue weighted by atomic mass is 16.3. The van der Waals surface area contributed by atoms with Gasteiger partial charge in [0.05, 0.1) is 22.1 Å². The lowest BCUT2D eigenvalue weighted by Gasteiger charge is -2.09. The summed E-state index contributed by atoms with van der Waals surface area (Å²) < 4.78 is 18.1. The van der Waals surface area contributed by atoms with Crippen molar-refractivity contribution < 1.29 is 8.83 Å². The second-order valence-corrected chi connectivity index (χ2v) is 19.7. The fraction of sp³-hybridized carbons (Fsp3) is 0.